The molecule has 0 heterocycles. The van der Waals surface area contributed by atoms with Crippen molar-refractivity contribution in [2.75, 3.05) is 6.61 Å². The van der Waals surface area contributed by atoms with Crippen LogP contribution in [0, 0.1) is 5.82 Å². The quantitative estimate of drug-likeness (QED) is 0.757. The number of ketones is 1. The zero-order chi connectivity index (χ0) is 15.2. The third kappa shape index (κ3) is 3.81. The third-order valence-electron chi connectivity index (χ3n) is 2.95. The molecule has 0 spiro atoms. The first kappa shape index (κ1) is 15.0. The van der Waals surface area contributed by atoms with Gasteiger partial charge < -0.3 is 9.47 Å². The molecule has 2 rings (SSSR count). The second-order valence-electron chi connectivity index (χ2n) is 4.51. The van der Waals surface area contributed by atoms with Crippen LogP contribution in [0.5, 0.6) is 11.5 Å². The summed E-state index contributed by atoms with van der Waals surface area (Å²) in [5.41, 5.74) is 0.415. The Morgan fingerprint density at radius 2 is 1.71 bits per heavy atom. The maximum absolute atomic E-state index is 12.9. The molecule has 0 saturated heterocycles. The number of ether oxygens (including phenoxy) is 2. The SMILES string of the molecule is CCOc1ccccc1OC(C)C(=O)c1ccc(F)cc1. The van der Waals surface area contributed by atoms with Crippen molar-refractivity contribution in [3.8, 4) is 11.5 Å². The molecule has 0 amide bonds. The van der Waals surface area contributed by atoms with E-state index in [1.807, 2.05) is 19.1 Å². The average molecular weight is 288 g/mol. The van der Waals surface area contributed by atoms with E-state index in [1.165, 1.54) is 24.3 Å². The van der Waals surface area contributed by atoms with Gasteiger partial charge in [-0.05, 0) is 50.2 Å². The Kier molecular flexibility index (Phi) is 4.93. The first-order valence-electron chi connectivity index (χ1n) is 6.80. The van der Waals surface area contributed by atoms with E-state index in [1.54, 1.807) is 19.1 Å². The summed E-state index contributed by atoms with van der Waals surface area (Å²) in [5, 5.41) is 0. The summed E-state index contributed by atoms with van der Waals surface area (Å²) in [6.45, 7) is 4.05. The topological polar surface area (TPSA) is 35.5 Å². The molecule has 0 N–H and O–H groups in total. The van der Waals surface area contributed by atoms with Crippen LogP contribution in [0.4, 0.5) is 4.39 Å². The molecule has 0 aliphatic carbocycles. The number of hydrogen-bond acceptors (Lipinski definition) is 3. The van der Waals surface area contributed by atoms with Crippen molar-refractivity contribution in [3.63, 3.8) is 0 Å². The van der Waals surface area contributed by atoms with Gasteiger partial charge in [-0.2, -0.15) is 0 Å². The summed E-state index contributed by atoms with van der Waals surface area (Å²) in [4.78, 5) is 12.2. The molecule has 3 nitrogen and oxygen atoms in total. The van der Waals surface area contributed by atoms with Gasteiger partial charge in [0.25, 0.3) is 0 Å². The van der Waals surface area contributed by atoms with Gasteiger partial charge in [0.1, 0.15) is 5.82 Å². The van der Waals surface area contributed by atoms with Crippen molar-refractivity contribution in [2.45, 2.75) is 20.0 Å². The van der Waals surface area contributed by atoms with Crippen molar-refractivity contribution in [1.82, 2.24) is 0 Å². The summed E-state index contributed by atoms with van der Waals surface area (Å²) in [6.07, 6.45) is -0.683. The van der Waals surface area contributed by atoms with Gasteiger partial charge in [0, 0.05) is 5.56 Å². The van der Waals surface area contributed by atoms with Gasteiger partial charge in [-0.3, -0.25) is 4.79 Å². The Hall–Kier alpha value is -2.36. The Balaban J connectivity index is 2.12. The van der Waals surface area contributed by atoms with Crippen LogP contribution in [0.3, 0.4) is 0 Å². The highest BCUT2D eigenvalue weighted by molar-refractivity contribution is 5.99. The van der Waals surface area contributed by atoms with E-state index < -0.39 is 6.10 Å². The molecule has 0 bridgehead atoms. The Bertz CT molecular complexity index is 608. The van der Waals surface area contributed by atoms with Crippen molar-refractivity contribution in [2.24, 2.45) is 0 Å². The lowest BCUT2D eigenvalue weighted by Crippen LogP contribution is -2.24. The molecule has 1 atom stereocenters. The number of rotatable bonds is 6. The predicted octanol–water partition coefficient (Wildman–Crippen LogP) is 3.87. The first-order valence-corrected chi connectivity index (χ1v) is 6.80. The smallest absolute Gasteiger partial charge is 0.202 e. The van der Waals surface area contributed by atoms with E-state index in [2.05, 4.69) is 0 Å². The zero-order valence-corrected chi connectivity index (χ0v) is 12.0. The summed E-state index contributed by atoms with van der Waals surface area (Å²) in [7, 11) is 0. The fourth-order valence-electron chi connectivity index (χ4n) is 1.92. The molecule has 0 aliphatic rings. The molecule has 0 radical (unpaired) electrons. The van der Waals surface area contributed by atoms with Crippen LogP contribution < -0.4 is 9.47 Å². The van der Waals surface area contributed by atoms with Crippen molar-refractivity contribution in [3.05, 3.63) is 59.9 Å². The minimum atomic E-state index is -0.683. The molecule has 0 aliphatic heterocycles. The normalized spacial score (nSPS) is 11.8. The Morgan fingerprint density at radius 1 is 1.10 bits per heavy atom. The average Bonchev–Trinajstić information content (AvgIpc) is 2.49. The van der Waals surface area contributed by atoms with Crippen molar-refractivity contribution >= 4 is 5.78 Å². The molecule has 4 heteroatoms. The fourth-order valence-corrected chi connectivity index (χ4v) is 1.92. The van der Waals surface area contributed by atoms with Crippen LogP contribution in [-0.4, -0.2) is 18.5 Å². The van der Waals surface area contributed by atoms with Crippen LogP contribution in [0.1, 0.15) is 24.2 Å². The van der Waals surface area contributed by atoms with Gasteiger partial charge in [-0.15, -0.1) is 0 Å². The lowest BCUT2D eigenvalue weighted by molar-refractivity contribution is 0.0813. The zero-order valence-electron chi connectivity index (χ0n) is 12.0. The molecule has 2 aromatic carbocycles. The lowest BCUT2D eigenvalue weighted by atomic mass is 10.1. The van der Waals surface area contributed by atoms with Crippen molar-refractivity contribution < 1.29 is 18.7 Å². The summed E-state index contributed by atoms with van der Waals surface area (Å²) in [6, 6.07) is 12.6. The van der Waals surface area contributed by atoms with Crippen LogP contribution >= 0.6 is 0 Å². The van der Waals surface area contributed by atoms with E-state index in [-0.39, 0.29) is 11.6 Å². The highest BCUT2D eigenvalue weighted by atomic mass is 19.1. The molecule has 2 aromatic rings. The largest absolute Gasteiger partial charge is 0.490 e. The number of carbonyl (C=O) groups excluding carboxylic acids is 1. The summed E-state index contributed by atoms with van der Waals surface area (Å²) in [5.74, 6) is 0.532. The lowest BCUT2D eigenvalue weighted by Gasteiger charge is -2.16. The van der Waals surface area contributed by atoms with Gasteiger partial charge in [0.2, 0.25) is 5.78 Å². The number of para-hydroxylation sites is 2. The number of carbonyl (C=O) groups is 1. The molecule has 0 fully saturated rings. The maximum Gasteiger partial charge on any atom is 0.202 e. The maximum atomic E-state index is 12.9. The summed E-state index contributed by atoms with van der Waals surface area (Å²) >= 11 is 0. The van der Waals surface area contributed by atoms with E-state index in [9.17, 15) is 9.18 Å². The van der Waals surface area contributed by atoms with Gasteiger partial charge >= 0.3 is 0 Å². The monoisotopic (exact) mass is 288 g/mol. The molecule has 0 aromatic heterocycles. The van der Waals surface area contributed by atoms with Gasteiger partial charge in [0.05, 0.1) is 6.61 Å². The van der Waals surface area contributed by atoms with Crippen LogP contribution in [0.15, 0.2) is 48.5 Å². The molecular weight excluding hydrogens is 271 g/mol. The van der Waals surface area contributed by atoms with Gasteiger partial charge in [-0.25, -0.2) is 4.39 Å². The van der Waals surface area contributed by atoms with E-state index in [0.717, 1.165) is 0 Å². The van der Waals surface area contributed by atoms with Crippen LogP contribution in [0.25, 0.3) is 0 Å². The second kappa shape index (κ2) is 6.88. The van der Waals surface area contributed by atoms with E-state index >= 15 is 0 Å². The number of Topliss-reactive ketones (excluding diaryl/α,β-unsaturated/α-hetero) is 1. The minimum absolute atomic E-state index is 0.207. The van der Waals surface area contributed by atoms with E-state index in [4.69, 9.17) is 9.47 Å². The fraction of sp³-hybridized carbons (Fsp3) is 0.235. The number of benzene rings is 2. The second-order valence-corrected chi connectivity index (χ2v) is 4.51. The minimum Gasteiger partial charge on any atom is -0.490 e. The van der Waals surface area contributed by atoms with Crippen molar-refractivity contribution in [1.29, 1.82) is 0 Å². The van der Waals surface area contributed by atoms with E-state index in [0.29, 0.717) is 23.7 Å². The predicted molar refractivity (Wildman–Crippen MR) is 78.4 cm³/mol. The highest BCUT2D eigenvalue weighted by Gasteiger charge is 2.18. The molecule has 21 heavy (non-hydrogen) atoms. The molecule has 0 saturated carbocycles. The van der Waals surface area contributed by atoms with Crippen LogP contribution in [0.2, 0.25) is 0 Å². The molecule has 1 unspecified atom stereocenters. The molecular formula is C17H17FO3. The first-order chi connectivity index (χ1) is 10.1. The number of halogens is 1. The van der Waals surface area contributed by atoms with Gasteiger partial charge in [-0.1, -0.05) is 12.1 Å². The Labute approximate surface area is 123 Å². The molecule has 110 valence electrons. The standard InChI is InChI=1S/C17H17FO3/c1-3-20-15-6-4-5-7-16(15)21-12(2)17(19)13-8-10-14(18)11-9-13/h4-12H,3H2,1-2H3. The number of hydrogen-bond donors (Lipinski definition) is 0. The Morgan fingerprint density at radius 3 is 2.33 bits per heavy atom. The third-order valence-corrected chi connectivity index (χ3v) is 2.95. The van der Waals surface area contributed by atoms with Crippen LogP contribution in [-0.2, 0) is 0 Å². The summed E-state index contributed by atoms with van der Waals surface area (Å²) < 4.78 is 24.0. The van der Waals surface area contributed by atoms with Gasteiger partial charge in [0.15, 0.2) is 17.6 Å². The highest BCUT2D eigenvalue weighted by Crippen LogP contribution is 2.27.